The van der Waals surface area contributed by atoms with Crippen LogP contribution < -0.4 is 4.74 Å². The fourth-order valence-electron chi connectivity index (χ4n) is 1.75. The molecule has 0 aliphatic carbocycles. The zero-order chi connectivity index (χ0) is 11.4. The van der Waals surface area contributed by atoms with Crippen LogP contribution in [0.15, 0.2) is 12.3 Å². The molecular formula is C11H14N4O. The van der Waals surface area contributed by atoms with Crippen LogP contribution in [0.4, 0.5) is 0 Å². The van der Waals surface area contributed by atoms with Gasteiger partial charge in [0.15, 0.2) is 0 Å². The monoisotopic (exact) mass is 218 g/mol. The van der Waals surface area contributed by atoms with Crippen molar-refractivity contribution in [3.8, 4) is 11.9 Å². The Labute approximate surface area is 94.7 Å². The number of hydrogen-bond acceptors (Lipinski definition) is 5. The predicted molar refractivity (Wildman–Crippen MR) is 57.9 cm³/mol. The smallest absolute Gasteiger partial charge is 0.251 e. The van der Waals surface area contributed by atoms with Crippen LogP contribution in [0, 0.1) is 11.3 Å². The Morgan fingerprint density at radius 1 is 1.50 bits per heavy atom. The van der Waals surface area contributed by atoms with Crippen molar-refractivity contribution in [1.82, 2.24) is 15.1 Å². The van der Waals surface area contributed by atoms with E-state index in [1.165, 1.54) is 6.20 Å². The lowest BCUT2D eigenvalue weighted by atomic mass is 10.1. The van der Waals surface area contributed by atoms with Crippen molar-refractivity contribution >= 4 is 0 Å². The van der Waals surface area contributed by atoms with Crippen molar-refractivity contribution in [3.63, 3.8) is 0 Å². The van der Waals surface area contributed by atoms with Crippen LogP contribution in [0.2, 0.25) is 0 Å². The molecule has 84 valence electrons. The average Bonchev–Trinajstić information content (AvgIpc) is 2.33. The molecular weight excluding hydrogens is 204 g/mol. The summed E-state index contributed by atoms with van der Waals surface area (Å²) in [6.07, 6.45) is 3.59. The fraction of sp³-hybridized carbons (Fsp3) is 0.545. The van der Waals surface area contributed by atoms with Crippen LogP contribution in [-0.4, -0.2) is 41.3 Å². The minimum Gasteiger partial charge on any atom is -0.472 e. The quantitative estimate of drug-likeness (QED) is 0.735. The van der Waals surface area contributed by atoms with E-state index in [2.05, 4.69) is 28.2 Å². The Bertz CT molecular complexity index is 393. The van der Waals surface area contributed by atoms with Crippen molar-refractivity contribution in [2.75, 3.05) is 20.1 Å². The summed E-state index contributed by atoms with van der Waals surface area (Å²) < 4.78 is 5.70. The Balaban J connectivity index is 2.01. The summed E-state index contributed by atoms with van der Waals surface area (Å²) in [5, 5.41) is 16.5. The maximum atomic E-state index is 8.88. The van der Waals surface area contributed by atoms with Gasteiger partial charge < -0.3 is 9.64 Å². The van der Waals surface area contributed by atoms with Gasteiger partial charge in [0.1, 0.15) is 17.7 Å². The summed E-state index contributed by atoms with van der Waals surface area (Å²) in [5.74, 6) is 0.361. The third kappa shape index (κ3) is 2.47. The molecule has 1 aliphatic rings. The lowest BCUT2D eigenvalue weighted by Gasteiger charge is -2.28. The molecule has 16 heavy (non-hydrogen) atoms. The first-order valence-electron chi connectivity index (χ1n) is 5.36. The molecule has 5 heteroatoms. The van der Waals surface area contributed by atoms with Gasteiger partial charge in [0.2, 0.25) is 0 Å². The van der Waals surface area contributed by atoms with Gasteiger partial charge in [-0.05, 0) is 26.0 Å². The van der Waals surface area contributed by atoms with E-state index in [9.17, 15) is 0 Å². The molecule has 1 aromatic rings. The molecule has 1 saturated heterocycles. The number of nitrogens with zero attached hydrogens (tertiary/aromatic N) is 4. The van der Waals surface area contributed by atoms with Crippen LogP contribution in [0.5, 0.6) is 5.88 Å². The molecule has 1 aliphatic heterocycles. The molecule has 0 unspecified atom stereocenters. The summed E-state index contributed by atoms with van der Waals surface area (Å²) in [5.41, 5.74) is 0.453. The number of rotatable bonds is 2. The first-order valence-corrected chi connectivity index (χ1v) is 5.36. The molecule has 0 amide bonds. The van der Waals surface area contributed by atoms with Crippen LogP contribution in [-0.2, 0) is 0 Å². The van der Waals surface area contributed by atoms with Crippen molar-refractivity contribution < 1.29 is 4.74 Å². The topological polar surface area (TPSA) is 62.0 Å². The van der Waals surface area contributed by atoms with Crippen molar-refractivity contribution in [3.05, 3.63) is 17.8 Å². The minimum atomic E-state index is 0.153. The summed E-state index contributed by atoms with van der Waals surface area (Å²) in [7, 11) is 2.10. The van der Waals surface area contributed by atoms with E-state index in [0.29, 0.717) is 11.4 Å². The third-order valence-corrected chi connectivity index (χ3v) is 2.75. The van der Waals surface area contributed by atoms with Gasteiger partial charge in [-0.2, -0.15) is 10.4 Å². The molecule has 1 aromatic heterocycles. The van der Waals surface area contributed by atoms with Gasteiger partial charge in [-0.3, -0.25) is 0 Å². The minimum absolute atomic E-state index is 0.153. The average molecular weight is 218 g/mol. The summed E-state index contributed by atoms with van der Waals surface area (Å²) >= 11 is 0. The standard InChI is InChI=1S/C11H14N4O/c1-15-6-3-10(4-7-15)16-11-9(8-12)2-5-13-14-11/h2,5,10H,3-4,6-7H2,1H3. The van der Waals surface area contributed by atoms with Crippen LogP contribution >= 0.6 is 0 Å². The Morgan fingerprint density at radius 2 is 2.25 bits per heavy atom. The Morgan fingerprint density at radius 3 is 2.94 bits per heavy atom. The fourth-order valence-corrected chi connectivity index (χ4v) is 1.75. The molecule has 1 fully saturated rings. The summed E-state index contributed by atoms with van der Waals surface area (Å²) in [6.45, 7) is 2.04. The van der Waals surface area contributed by atoms with Crippen molar-refractivity contribution in [2.24, 2.45) is 0 Å². The maximum Gasteiger partial charge on any atom is 0.251 e. The van der Waals surface area contributed by atoms with Gasteiger partial charge in [-0.1, -0.05) is 0 Å². The predicted octanol–water partition coefficient (Wildman–Crippen LogP) is 0.821. The number of nitriles is 1. The van der Waals surface area contributed by atoms with Crippen molar-refractivity contribution in [2.45, 2.75) is 18.9 Å². The van der Waals surface area contributed by atoms with E-state index < -0.39 is 0 Å². The van der Waals surface area contributed by atoms with E-state index in [0.717, 1.165) is 25.9 Å². The highest BCUT2D eigenvalue weighted by Gasteiger charge is 2.19. The molecule has 0 spiro atoms. The Hall–Kier alpha value is -1.67. The highest BCUT2D eigenvalue weighted by molar-refractivity contribution is 5.35. The van der Waals surface area contributed by atoms with Gasteiger partial charge in [0, 0.05) is 13.1 Å². The van der Waals surface area contributed by atoms with E-state index in [1.54, 1.807) is 6.07 Å². The zero-order valence-electron chi connectivity index (χ0n) is 9.26. The summed E-state index contributed by atoms with van der Waals surface area (Å²) in [4.78, 5) is 2.27. The van der Waals surface area contributed by atoms with E-state index in [4.69, 9.17) is 10.00 Å². The lowest BCUT2D eigenvalue weighted by Crippen LogP contribution is -2.35. The second kappa shape index (κ2) is 4.90. The number of hydrogen-bond donors (Lipinski definition) is 0. The summed E-state index contributed by atoms with van der Waals surface area (Å²) in [6, 6.07) is 3.68. The first kappa shape index (κ1) is 10.8. The third-order valence-electron chi connectivity index (χ3n) is 2.75. The number of piperidine rings is 1. The van der Waals surface area contributed by atoms with Crippen LogP contribution in [0.1, 0.15) is 18.4 Å². The number of likely N-dealkylation sites (tertiary alicyclic amines) is 1. The molecule has 0 N–H and O–H groups in total. The number of ether oxygens (including phenoxy) is 1. The SMILES string of the molecule is CN1CCC(Oc2nnccc2C#N)CC1. The Kier molecular flexibility index (Phi) is 3.32. The first-order chi connectivity index (χ1) is 7.79. The highest BCUT2D eigenvalue weighted by Crippen LogP contribution is 2.18. The van der Waals surface area contributed by atoms with Crippen LogP contribution in [0.3, 0.4) is 0 Å². The largest absolute Gasteiger partial charge is 0.472 e. The molecule has 5 nitrogen and oxygen atoms in total. The number of aromatic nitrogens is 2. The van der Waals surface area contributed by atoms with Gasteiger partial charge in [0.05, 0.1) is 6.20 Å². The molecule has 0 aromatic carbocycles. The second-order valence-electron chi connectivity index (χ2n) is 3.98. The van der Waals surface area contributed by atoms with Crippen LogP contribution in [0.25, 0.3) is 0 Å². The zero-order valence-corrected chi connectivity index (χ0v) is 9.26. The highest BCUT2D eigenvalue weighted by atomic mass is 16.5. The normalized spacial score (nSPS) is 18.0. The van der Waals surface area contributed by atoms with Gasteiger partial charge >= 0.3 is 0 Å². The van der Waals surface area contributed by atoms with E-state index in [1.807, 2.05) is 0 Å². The van der Waals surface area contributed by atoms with Gasteiger partial charge in [0.25, 0.3) is 5.88 Å². The lowest BCUT2D eigenvalue weighted by molar-refractivity contribution is 0.108. The molecule has 2 rings (SSSR count). The molecule has 0 bridgehead atoms. The van der Waals surface area contributed by atoms with E-state index in [-0.39, 0.29) is 6.10 Å². The molecule has 0 atom stereocenters. The molecule has 0 saturated carbocycles. The molecule has 2 heterocycles. The van der Waals surface area contributed by atoms with Crippen molar-refractivity contribution in [1.29, 1.82) is 5.26 Å². The maximum absolute atomic E-state index is 8.88. The second-order valence-corrected chi connectivity index (χ2v) is 3.98. The van der Waals surface area contributed by atoms with E-state index >= 15 is 0 Å². The molecule has 0 radical (unpaired) electrons. The van der Waals surface area contributed by atoms with Gasteiger partial charge in [-0.15, -0.1) is 5.10 Å². The van der Waals surface area contributed by atoms with Gasteiger partial charge in [-0.25, -0.2) is 0 Å².